The lowest BCUT2D eigenvalue weighted by Crippen LogP contribution is -2.32. The van der Waals surface area contributed by atoms with E-state index in [1.807, 2.05) is 0 Å². The third-order valence-corrected chi connectivity index (χ3v) is 5.67. The zero-order chi connectivity index (χ0) is 26.9. The van der Waals surface area contributed by atoms with Crippen LogP contribution in [0.15, 0.2) is 64.2 Å². The number of carbonyl (C=O) groups excluding carboxylic acids is 3. The number of methoxy groups -OCH3 is 1. The Labute approximate surface area is 235 Å². The molecule has 192 valence electrons. The molecule has 0 saturated heterocycles. The molecule has 13 heteroatoms. The van der Waals surface area contributed by atoms with Gasteiger partial charge >= 0.3 is 11.8 Å². The van der Waals surface area contributed by atoms with Crippen molar-refractivity contribution in [2.45, 2.75) is 0 Å². The number of hydrogen-bond donors (Lipinski definition) is 3. The minimum atomic E-state index is -0.978. The van der Waals surface area contributed by atoms with Gasteiger partial charge in [0, 0.05) is 26.4 Å². The predicted octanol–water partition coefficient (Wildman–Crippen LogP) is 5.52. The van der Waals surface area contributed by atoms with Crippen molar-refractivity contribution in [3.8, 4) is 11.5 Å². The number of anilines is 2. The largest absolute Gasteiger partial charge is 0.493 e. The Morgan fingerprint density at radius 1 is 0.919 bits per heavy atom. The summed E-state index contributed by atoms with van der Waals surface area (Å²) < 4.78 is 11.4. The molecule has 37 heavy (non-hydrogen) atoms. The molecule has 0 radical (unpaired) electrons. The molecule has 3 amide bonds. The number of nitrogens with zero attached hydrogens (tertiary/aromatic N) is 1. The van der Waals surface area contributed by atoms with Gasteiger partial charge in [-0.3, -0.25) is 14.4 Å². The highest BCUT2D eigenvalue weighted by Crippen LogP contribution is 2.36. The van der Waals surface area contributed by atoms with Crippen LogP contribution in [0.1, 0.15) is 5.56 Å². The highest BCUT2D eigenvalue weighted by Gasteiger charge is 2.15. The molecule has 0 aliphatic carbocycles. The zero-order valence-corrected chi connectivity index (χ0v) is 22.8. The van der Waals surface area contributed by atoms with Crippen LogP contribution in [0, 0.1) is 0 Å². The molecule has 0 spiro atoms. The highest BCUT2D eigenvalue weighted by atomic mass is 79.9. The molecule has 3 N–H and O–H groups in total. The normalized spacial score (nSPS) is 10.6. The average Bonchev–Trinajstić information content (AvgIpc) is 2.82. The van der Waals surface area contributed by atoms with E-state index in [9.17, 15) is 14.4 Å². The Hall–Kier alpha value is -3.31. The first-order chi connectivity index (χ1) is 17.6. The first-order valence-electron chi connectivity index (χ1n) is 10.3. The maximum atomic E-state index is 12.3. The van der Waals surface area contributed by atoms with Crippen molar-refractivity contribution in [2.24, 2.45) is 5.10 Å². The summed E-state index contributed by atoms with van der Waals surface area (Å²) in [7, 11) is 1.42. The minimum absolute atomic E-state index is 0.267. The number of nitrogens with one attached hydrogen (secondary N) is 3. The van der Waals surface area contributed by atoms with Gasteiger partial charge in [-0.2, -0.15) is 5.10 Å². The second-order valence-corrected chi connectivity index (χ2v) is 9.36. The van der Waals surface area contributed by atoms with Gasteiger partial charge in [-0.05, 0) is 70.0 Å². The first kappa shape index (κ1) is 28.3. The van der Waals surface area contributed by atoms with Gasteiger partial charge in [0.15, 0.2) is 18.1 Å². The summed E-state index contributed by atoms with van der Waals surface area (Å²) in [4.78, 5) is 36.3. The van der Waals surface area contributed by atoms with Crippen LogP contribution in [-0.4, -0.2) is 37.7 Å². The number of hydrogen-bond acceptors (Lipinski definition) is 6. The van der Waals surface area contributed by atoms with E-state index in [-0.39, 0.29) is 12.4 Å². The Morgan fingerprint density at radius 3 is 2.30 bits per heavy atom. The van der Waals surface area contributed by atoms with Gasteiger partial charge in [0.2, 0.25) is 0 Å². The van der Waals surface area contributed by atoms with Crippen LogP contribution in [0.3, 0.4) is 0 Å². The average molecular weight is 629 g/mol. The van der Waals surface area contributed by atoms with Crippen molar-refractivity contribution in [1.29, 1.82) is 0 Å². The molecule has 0 heterocycles. The second kappa shape index (κ2) is 13.3. The lowest BCUT2D eigenvalue weighted by molar-refractivity contribution is -0.136. The van der Waals surface area contributed by atoms with E-state index < -0.39 is 17.7 Å². The van der Waals surface area contributed by atoms with Crippen LogP contribution in [0.25, 0.3) is 0 Å². The zero-order valence-electron chi connectivity index (χ0n) is 19.0. The molecule has 0 aliphatic heterocycles. The lowest BCUT2D eigenvalue weighted by atomic mass is 10.2. The molecule has 3 aromatic rings. The quantitative estimate of drug-likeness (QED) is 0.172. The fourth-order valence-corrected chi connectivity index (χ4v) is 4.18. The third kappa shape index (κ3) is 8.64. The molecule has 0 bridgehead atoms. The second-order valence-electron chi connectivity index (χ2n) is 7.19. The van der Waals surface area contributed by atoms with Crippen LogP contribution in [0.2, 0.25) is 15.1 Å². The SMILES string of the molecule is COc1cc(/C=N\NC(=O)C(=O)Nc2cccc(Cl)c2)cc(Br)c1OCC(=O)Nc1cc(Cl)cc(Cl)c1. The number of rotatable bonds is 8. The predicted molar refractivity (Wildman–Crippen MR) is 147 cm³/mol. The van der Waals surface area contributed by atoms with Crippen molar-refractivity contribution in [3.05, 3.63) is 79.7 Å². The summed E-state index contributed by atoms with van der Waals surface area (Å²) in [6.45, 7) is -0.329. The maximum Gasteiger partial charge on any atom is 0.329 e. The van der Waals surface area contributed by atoms with Crippen LogP contribution in [-0.2, 0) is 14.4 Å². The number of hydrazone groups is 1. The van der Waals surface area contributed by atoms with Crippen molar-refractivity contribution in [2.75, 3.05) is 24.4 Å². The molecule has 0 atom stereocenters. The Bertz CT molecular complexity index is 1350. The van der Waals surface area contributed by atoms with E-state index >= 15 is 0 Å². The molecule has 0 aliphatic rings. The summed E-state index contributed by atoms with van der Waals surface area (Å²) >= 11 is 21.1. The molecule has 3 aromatic carbocycles. The van der Waals surface area contributed by atoms with Gasteiger partial charge < -0.3 is 20.1 Å². The lowest BCUT2D eigenvalue weighted by Gasteiger charge is -2.13. The molecular weight excluding hydrogens is 611 g/mol. The van der Waals surface area contributed by atoms with E-state index in [1.165, 1.54) is 19.4 Å². The van der Waals surface area contributed by atoms with Crippen LogP contribution in [0.4, 0.5) is 11.4 Å². The topological polar surface area (TPSA) is 118 Å². The van der Waals surface area contributed by atoms with E-state index in [1.54, 1.807) is 48.5 Å². The first-order valence-corrected chi connectivity index (χ1v) is 12.2. The third-order valence-electron chi connectivity index (χ3n) is 4.41. The molecule has 3 rings (SSSR count). The summed E-state index contributed by atoms with van der Waals surface area (Å²) in [6.07, 6.45) is 1.30. The molecule has 0 aromatic heterocycles. The molecule has 0 saturated carbocycles. The van der Waals surface area contributed by atoms with Gasteiger partial charge in [-0.15, -0.1) is 0 Å². The molecule has 0 fully saturated rings. The highest BCUT2D eigenvalue weighted by molar-refractivity contribution is 9.10. The number of carbonyl (C=O) groups is 3. The Balaban J connectivity index is 1.59. The van der Waals surface area contributed by atoms with Crippen LogP contribution in [0.5, 0.6) is 11.5 Å². The fourth-order valence-electron chi connectivity index (χ4n) is 2.89. The van der Waals surface area contributed by atoms with Crippen molar-refractivity contribution in [1.82, 2.24) is 5.43 Å². The smallest absolute Gasteiger partial charge is 0.329 e. The summed E-state index contributed by atoms with van der Waals surface area (Å²) in [5, 5.41) is 10.0. The number of amides is 3. The van der Waals surface area contributed by atoms with Gasteiger partial charge in [0.05, 0.1) is 17.8 Å². The Morgan fingerprint density at radius 2 is 1.62 bits per heavy atom. The monoisotopic (exact) mass is 626 g/mol. The number of benzene rings is 3. The summed E-state index contributed by atoms with van der Waals surface area (Å²) in [5.41, 5.74) is 3.43. The fraction of sp³-hybridized carbons (Fsp3) is 0.0833. The molecular formula is C24H18BrCl3N4O5. The van der Waals surface area contributed by atoms with E-state index in [4.69, 9.17) is 44.3 Å². The summed E-state index contributed by atoms with van der Waals surface area (Å²) in [6, 6.07) is 14.2. The van der Waals surface area contributed by atoms with E-state index in [0.717, 1.165) is 0 Å². The minimum Gasteiger partial charge on any atom is -0.493 e. The maximum absolute atomic E-state index is 12.3. The van der Waals surface area contributed by atoms with Crippen molar-refractivity contribution < 1.29 is 23.9 Å². The van der Waals surface area contributed by atoms with Crippen molar-refractivity contribution in [3.63, 3.8) is 0 Å². The van der Waals surface area contributed by atoms with Crippen molar-refractivity contribution >= 4 is 86.0 Å². The van der Waals surface area contributed by atoms with Gasteiger partial charge in [-0.1, -0.05) is 40.9 Å². The molecule has 0 unspecified atom stereocenters. The molecule has 9 nitrogen and oxygen atoms in total. The standard InChI is InChI=1S/C24H18BrCl3N4O5/c1-36-20-6-13(11-29-32-24(35)23(34)31-17-4-2-3-14(26)8-17)5-19(25)22(20)37-12-21(33)30-18-9-15(27)7-16(28)10-18/h2-11H,12H2,1H3,(H,30,33)(H,31,34)(H,32,35)/b29-11-. The van der Waals surface area contributed by atoms with Gasteiger partial charge in [0.1, 0.15) is 0 Å². The van der Waals surface area contributed by atoms with Gasteiger partial charge in [0.25, 0.3) is 5.91 Å². The number of ether oxygens (including phenoxy) is 2. The Kier molecular flexibility index (Phi) is 10.2. The van der Waals surface area contributed by atoms with E-state index in [2.05, 4.69) is 37.1 Å². The van der Waals surface area contributed by atoms with Crippen LogP contribution < -0.4 is 25.5 Å². The van der Waals surface area contributed by atoms with Gasteiger partial charge in [-0.25, -0.2) is 5.43 Å². The number of halogens is 4. The summed E-state index contributed by atoms with van der Waals surface area (Å²) in [5.74, 6) is -1.78. The van der Waals surface area contributed by atoms with Crippen LogP contribution >= 0.6 is 50.7 Å². The van der Waals surface area contributed by atoms with E-state index in [0.29, 0.717) is 42.2 Å².